The van der Waals surface area contributed by atoms with Crippen LogP contribution in [0.1, 0.15) is 0 Å². The van der Waals surface area contributed by atoms with E-state index in [2.05, 4.69) is 36.8 Å². The third-order valence-corrected chi connectivity index (χ3v) is 4.90. The Labute approximate surface area is 86.5 Å². The van der Waals surface area contributed by atoms with Gasteiger partial charge in [0.2, 0.25) is 0 Å². The van der Waals surface area contributed by atoms with Crippen LogP contribution in [0.2, 0.25) is 0 Å². The second-order valence-electron chi connectivity index (χ2n) is 1.79. The second-order valence-corrected chi connectivity index (χ2v) is 6.40. The van der Waals surface area contributed by atoms with Crippen molar-refractivity contribution in [2.24, 2.45) is 0 Å². The summed E-state index contributed by atoms with van der Waals surface area (Å²) in [5.41, 5.74) is 0.712. The third-order valence-electron chi connectivity index (χ3n) is 1.14. The van der Waals surface area contributed by atoms with Crippen molar-refractivity contribution < 1.29 is 4.39 Å². The Morgan fingerprint density at radius 2 is 1.91 bits per heavy atom. The zero-order valence-corrected chi connectivity index (χ0v) is 9.70. The first-order valence-corrected chi connectivity index (χ1v) is 5.80. The molecule has 0 N–H and O–H groups in total. The van der Waals surface area contributed by atoms with E-state index in [-0.39, 0.29) is 5.26 Å². The summed E-state index contributed by atoms with van der Waals surface area (Å²) in [6.45, 7) is 0. The van der Waals surface area contributed by atoms with Crippen molar-refractivity contribution in [1.29, 1.82) is 0 Å². The SMILES string of the molecule is Fc1nc2c(Br)sc(Br)c2s1. The van der Waals surface area contributed by atoms with Crippen LogP contribution in [-0.4, -0.2) is 4.98 Å². The average Bonchev–Trinajstić information content (AvgIpc) is 2.38. The van der Waals surface area contributed by atoms with Crippen molar-refractivity contribution in [1.82, 2.24) is 4.98 Å². The molecule has 0 fully saturated rings. The molecule has 58 valence electrons. The number of aromatic nitrogens is 1. The minimum atomic E-state index is -0.385. The van der Waals surface area contributed by atoms with Crippen molar-refractivity contribution in [3.8, 4) is 0 Å². The van der Waals surface area contributed by atoms with Gasteiger partial charge in [0, 0.05) is 0 Å². The number of thiophene rings is 1. The van der Waals surface area contributed by atoms with E-state index in [4.69, 9.17) is 0 Å². The lowest BCUT2D eigenvalue weighted by molar-refractivity contribution is 0.620. The summed E-state index contributed by atoms with van der Waals surface area (Å²) in [6.07, 6.45) is 0. The molecule has 0 aromatic carbocycles. The standard InChI is InChI=1S/C5Br2FNS2/c6-3-1-2(4(7)11-3)10-5(8)9-1. The van der Waals surface area contributed by atoms with Crippen LogP contribution in [0, 0.1) is 5.26 Å². The van der Waals surface area contributed by atoms with Gasteiger partial charge in [-0.2, -0.15) is 4.39 Å². The van der Waals surface area contributed by atoms with Gasteiger partial charge in [0.05, 0.1) is 12.3 Å². The Bertz CT molecular complexity index is 373. The van der Waals surface area contributed by atoms with Gasteiger partial charge >= 0.3 is 0 Å². The van der Waals surface area contributed by atoms with E-state index < -0.39 is 0 Å². The van der Waals surface area contributed by atoms with Crippen LogP contribution >= 0.6 is 54.5 Å². The molecule has 2 heterocycles. The normalized spacial score (nSPS) is 11.2. The quantitative estimate of drug-likeness (QED) is 0.715. The van der Waals surface area contributed by atoms with E-state index >= 15 is 0 Å². The first-order valence-electron chi connectivity index (χ1n) is 2.58. The van der Waals surface area contributed by atoms with Crippen LogP contribution in [0.25, 0.3) is 10.2 Å². The van der Waals surface area contributed by atoms with Crippen molar-refractivity contribution in [2.45, 2.75) is 0 Å². The fourth-order valence-corrected chi connectivity index (χ4v) is 4.74. The van der Waals surface area contributed by atoms with Crippen molar-refractivity contribution in [3.63, 3.8) is 0 Å². The predicted octanol–water partition coefficient (Wildman–Crippen LogP) is 4.02. The number of thiazole rings is 1. The Hall–Kier alpha value is 0.480. The topological polar surface area (TPSA) is 12.9 Å². The number of rotatable bonds is 0. The summed E-state index contributed by atoms with van der Waals surface area (Å²) in [6, 6.07) is 0. The highest BCUT2D eigenvalue weighted by atomic mass is 79.9. The van der Waals surface area contributed by atoms with Crippen molar-refractivity contribution in [3.05, 3.63) is 12.8 Å². The molecule has 0 aliphatic heterocycles. The van der Waals surface area contributed by atoms with Gasteiger partial charge in [-0.25, -0.2) is 4.98 Å². The Balaban J connectivity index is 2.92. The molecule has 0 aliphatic carbocycles. The molecule has 0 unspecified atom stereocenters. The molecular weight excluding hydrogens is 317 g/mol. The highest BCUT2D eigenvalue weighted by Crippen LogP contribution is 2.41. The maximum atomic E-state index is 12.6. The van der Waals surface area contributed by atoms with Crippen molar-refractivity contribution >= 4 is 64.8 Å². The maximum Gasteiger partial charge on any atom is 0.270 e. The van der Waals surface area contributed by atoms with E-state index in [1.165, 1.54) is 11.3 Å². The monoisotopic (exact) mass is 315 g/mol. The van der Waals surface area contributed by atoms with Crippen LogP contribution < -0.4 is 0 Å². The molecule has 2 rings (SSSR count). The molecular formula is C5Br2FNS2. The van der Waals surface area contributed by atoms with E-state index in [1.807, 2.05) is 0 Å². The minimum Gasteiger partial charge on any atom is -0.207 e. The van der Waals surface area contributed by atoms with Gasteiger partial charge in [0.25, 0.3) is 5.26 Å². The molecule has 0 bridgehead atoms. The van der Waals surface area contributed by atoms with Gasteiger partial charge in [-0.05, 0) is 31.9 Å². The van der Waals surface area contributed by atoms with Gasteiger partial charge in [-0.3, -0.25) is 0 Å². The molecule has 2 aromatic rings. The van der Waals surface area contributed by atoms with Gasteiger partial charge in [-0.15, -0.1) is 11.3 Å². The molecule has 0 atom stereocenters. The number of halogens is 3. The number of nitrogens with zero attached hydrogens (tertiary/aromatic N) is 1. The molecule has 0 saturated heterocycles. The number of hydrogen-bond donors (Lipinski definition) is 0. The zero-order valence-electron chi connectivity index (χ0n) is 4.90. The molecule has 11 heavy (non-hydrogen) atoms. The van der Waals surface area contributed by atoms with E-state index in [9.17, 15) is 4.39 Å². The van der Waals surface area contributed by atoms with Crippen LogP contribution in [0.15, 0.2) is 7.57 Å². The lowest BCUT2D eigenvalue weighted by atomic mass is 10.6. The molecule has 0 amide bonds. The van der Waals surface area contributed by atoms with Crippen LogP contribution in [-0.2, 0) is 0 Å². The van der Waals surface area contributed by atoms with E-state index in [0.29, 0.717) is 5.52 Å². The Morgan fingerprint density at radius 1 is 1.18 bits per heavy atom. The van der Waals surface area contributed by atoms with Crippen molar-refractivity contribution in [2.75, 3.05) is 0 Å². The zero-order chi connectivity index (χ0) is 8.01. The van der Waals surface area contributed by atoms with Gasteiger partial charge in [0.15, 0.2) is 0 Å². The Morgan fingerprint density at radius 3 is 2.55 bits per heavy atom. The smallest absolute Gasteiger partial charge is 0.207 e. The molecule has 6 heteroatoms. The van der Waals surface area contributed by atoms with Crippen LogP contribution in [0.3, 0.4) is 0 Å². The fraction of sp³-hybridized carbons (Fsp3) is 0. The lowest BCUT2D eigenvalue weighted by Gasteiger charge is -1.74. The summed E-state index contributed by atoms with van der Waals surface area (Å²) in [5, 5.41) is -0.385. The van der Waals surface area contributed by atoms with Gasteiger partial charge < -0.3 is 0 Å². The lowest BCUT2D eigenvalue weighted by Crippen LogP contribution is -1.64. The molecule has 0 radical (unpaired) electrons. The minimum absolute atomic E-state index is 0.385. The molecule has 2 aromatic heterocycles. The van der Waals surface area contributed by atoms with Crippen LogP contribution in [0.4, 0.5) is 4.39 Å². The van der Waals surface area contributed by atoms with Crippen LogP contribution in [0.5, 0.6) is 0 Å². The highest BCUT2D eigenvalue weighted by Gasteiger charge is 2.12. The summed E-state index contributed by atoms with van der Waals surface area (Å²) >= 11 is 9.19. The highest BCUT2D eigenvalue weighted by molar-refractivity contribution is 9.12. The summed E-state index contributed by atoms with van der Waals surface area (Å²) in [7, 11) is 0. The first-order chi connectivity index (χ1) is 5.18. The molecule has 0 spiro atoms. The van der Waals surface area contributed by atoms with Gasteiger partial charge in [-0.1, -0.05) is 11.3 Å². The second kappa shape index (κ2) is 2.76. The fourth-order valence-electron chi connectivity index (χ4n) is 0.734. The summed E-state index contributed by atoms with van der Waals surface area (Å²) < 4.78 is 15.3. The third kappa shape index (κ3) is 1.26. The molecule has 0 aliphatic rings. The first kappa shape index (κ1) is 8.10. The number of fused-ring (bicyclic) bond motifs is 1. The largest absolute Gasteiger partial charge is 0.270 e. The summed E-state index contributed by atoms with van der Waals surface area (Å²) in [5.74, 6) is 0. The number of hydrogen-bond acceptors (Lipinski definition) is 3. The predicted molar refractivity (Wildman–Crippen MR) is 52.9 cm³/mol. The van der Waals surface area contributed by atoms with E-state index in [0.717, 1.165) is 23.6 Å². The Kier molecular flexibility index (Phi) is 2.03. The molecule has 1 nitrogen and oxygen atoms in total. The molecule has 0 saturated carbocycles. The summed E-state index contributed by atoms with van der Waals surface area (Å²) in [4.78, 5) is 3.72. The van der Waals surface area contributed by atoms with E-state index in [1.54, 1.807) is 0 Å². The van der Waals surface area contributed by atoms with Gasteiger partial charge in [0.1, 0.15) is 5.52 Å². The maximum absolute atomic E-state index is 12.6. The average molecular weight is 317 g/mol.